The quantitative estimate of drug-likeness (QED) is 0.743. The Morgan fingerprint density at radius 2 is 2.24 bits per heavy atom. The van der Waals surface area contributed by atoms with E-state index >= 15 is 0 Å². The second kappa shape index (κ2) is 8.32. The summed E-state index contributed by atoms with van der Waals surface area (Å²) in [4.78, 5) is 0. The Hall–Kier alpha value is -1.17. The van der Waals surface area contributed by atoms with Crippen LogP contribution in [0.15, 0.2) is 41.0 Å². The summed E-state index contributed by atoms with van der Waals surface area (Å²) in [6.07, 6.45) is 2.92. The second-order valence-corrected chi connectivity index (χ2v) is 6.05. The van der Waals surface area contributed by atoms with Crippen molar-refractivity contribution in [3.05, 3.63) is 52.3 Å². The summed E-state index contributed by atoms with van der Waals surface area (Å²) in [5.74, 6) is 0.397. The van der Waals surface area contributed by atoms with Crippen molar-refractivity contribution in [3.8, 4) is 0 Å². The fraction of sp³-hybridized carbons (Fsp3) is 0.438. The van der Waals surface area contributed by atoms with Gasteiger partial charge in [0.1, 0.15) is 0 Å². The third-order valence-electron chi connectivity index (χ3n) is 3.42. The highest BCUT2D eigenvalue weighted by Gasteiger charge is 2.14. The Morgan fingerprint density at radius 3 is 2.90 bits per heavy atom. The first kappa shape index (κ1) is 16.2. The summed E-state index contributed by atoms with van der Waals surface area (Å²) < 4.78 is 8.05. The number of aromatic nitrogens is 2. The molecular weight excluding hydrogens is 330 g/mol. The summed E-state index contributed by atoms with van der Waals surface area (Å²) >= 11 is 3.55. The molecule has 0 fully saturated rings. The van der Waals surface area contributed by atoms with Crippen molar-refractivity contribution in [1.29, 1.82) is 0 Å². The molecule has 0 bridgehead atoms. The number of rotatable bonds is 8. The highest BCUT2D eigenvalue weighted by molar-refractivity contribution is 9.10. The van der Waals surface area contributed by atoms with Gasteiger partial charge in [0.05, 0.1) is 12.3 Å². The molecule has 0 spiro atoms. The molecule has 2 rings (SSSR count). The van der Waals surface area contributed by atoms with E-state index in [1.165, 1.54) is 5.56 Å². The molecule has 1 aromatic carbocycles. The Morgan fingerprint density at radius 1 is 1.38 bits per heavy atom. The highest BCUT2D eigenvalue weighted by Crippen LogP contribution is 2.23. The molecule has 0 aliphatic carbocycles. The van der Waals surface area contributed by atoms with Gasteiger partial charge in [-0.3, -0.25) is 4.68 Å². The predicted molar refractivity (Wildman–Crippen MR) is 88.5 cm³/mol. The van der Waals surface area contributed by atoms with Gasteiger partial charge in [0.2, 0.25) is 0 Å². The van der Waals surface area contributed by atoms with Crippen molar-refractivity contribution >= 4 is 15.9 Å². The maximum absolute atomic E-state index is 5.08. The zero-order valence-corrected chi connectivity index (χ0v) is 14.1. The molecule has 1 atom stereocenters. The Bertz CT molecular complexity index is 556. The van der Waals surface area contributed by atoms with E-state index in [1.54, 1.807) is 7.11 Å². The second-order valence-electron chi connectivity index (χ2n) is 5.13. The van der Waals surface area contributed by atoms with Gasteiger partial charge >= 0.3 is 0 Å². The molecule has 1 aromatic heterocycles. The molecule has 1 unspecified atom stereocenters. The molecule has 0 aliphatic rings. The molecule has 1 heterocycles. The van der Waals surface area contributed by atoms with Crippen molar-refractivity contribution < 1.29 is 4.74 Å². The number of nitrogens with one attached hydrogen (secondary N) is 1. The van der Waals surface area contributed by atoms with E-state index in [-0.39, 0.29) is 0 Å². The van der Waals surface area contributed by atoms with Crippen LogP contribution in [-0.4, -0.2) is 36.6 Å². The fourth-order valence-electron chi connectivity index (χ4n) is 2.34. The minimum Gasteiger partial charge on any atom is -0.383 e. The van der Waals surface area contributed by atoms with E-state index in [2.05, 4.69) is 56.7 Å². The third-order valence-corrected chi connectivity index (χ3v) is 3.91. The van der Waals surface area contributed by atoms with Crippen LogP contribution in [0.25, 0.3) is 0 Å². The van der Waals surface area contributed by atoms with Gasteiger partial charge in [0, 0.05) is 43.8 Å². The summed E-state index contributed by atoms with van der Waals surface area (Å²) in [6, 6.07) is 10.6. The predicted octanol–water partition coefficient (Wildman–Crippen LogP) is 2.74. The SMILES string of the molecule is COCCNCC(Cc1ccn(C)n1)c1cccc(Br)c1. The van der Waals surface area contributed by atoms with Crippen LogP contribution in [0, 0.1) is 0 Å². The summed E-state index contributed by atoms with van der Waals surface area (Å²) in [6.45, 7) is 2.51. The lowest BCUT2D eigenvalue weighted by Crippen LogP contribution is -2.26. The van der Waals surface area contributed by atoms with Crippen molar-refractivity contribution in [1.82, 2.24) is 15.1 Å². The summed E-state index contributed by atoms with van der Waals surface area (Å²) in [7, 11) is 3.68. The van der Waals surface area contributed by atoms with Crippen LogP contribution in [0.3, 0.4) is 0 Å². The van der Waals surface area contributed by atoms with Gasteiger partial charge in [0.15, 0.2) is 0 Å². The first-order valence-corrected chi connectivity index (χ1v) is 7.92. The van der Waals surface area contributed by atoms with Crippen LogP contribution in [0.4, 0.5) is 0 Å². The number of methoxy groups -OCH3 is 1. The lowest BCUT2D eigenvalue weighted by atomic mass is 9.94. The largest absolute Gasteiger partial charge is 0.383 e. The Balaban J connectivity index is 2.06. The van der Waals surface area contributed by atoms with Crippen LogP contribution in [0.1, 0.15) is 17.2 Å². The average Bonchev–Trinajstić information content (AvgIpc) is 2.87. The number of ether oxygens (including phenoxy) is 1. The fourth-order valence-corrected chi connectivity index (χ4v) is 2.76. The van der Waals surface area contributed by atoms with Crippen molar-refractivity contribution in [2.24, 2.45) is 7.05 Å². The van der Waals surface area contributed by atoms with E-state index in [4.69, 9.17) is 4.74 Å². The van der Waals surface area contributed by atoms with Crippen LogP contribution in [0.2, 0.25) is 0 Å². The number of aryl methyl sites for hydroxylation is 1. The monoisotopic (exact) mass is 351 g/mol. The van der Waals surface area contributed by atoms with Gasteiger partial charge in [-0.25, -0.2) is 0 Å². The lowest BCUT2D eigenvalue weighted by Gasteiger charge is -2.17. The number of hydrogen-bond acceptors (Lipinski definition) is 3. The maximum atomic E-state index is 5.08. The first-order valence-electron chi connectivity index (χ1n) is 7.12. The molecule has 0 saturated carbocycles. The minimum absolute atomic E-state index is 0.397. The van der Waals surface area contributed by atoms with Crippen molar-refractivity contribution in [2.45, 2.75) is 12.3 Å². The van der Waals surface area contributed by atoms with Gasteiger partial charge in [-0.05, 0) is 30.2 Å². The molecule has 2 aromatic rings. The lowest BCUT2D eigenvalue weighted by molar-refractivity contribution is 0.199. The number of halogens is 1. The summed E-state index contributed by atoms with van der Waals surface area (Å²) in [5.41, 5.74) is 2.44. The normalized spacial score (nSPS) is 12.5. The zero-order valence-electron chi connectivity index (χ0n) is 12.6. The van der Waals surface area contributed by atoms with Gasteiger partial charge < -0.3 is 10.1 Å². The standard InChI is InChI=1S/C16H22BrN3O/c1-20-8-6-16(19-20)11-14(12-18-7-9-21-2)13-4-3-5-15(17)10-13/h3-6,8,10,14,18H,7,9,11-12H2,1-2H3. The topological polar surface area (TPSA) is 39.1 Å². The zero-order chi connectivity index (χ0) is 15.1. The average molecular weight is 352 g/mol. The molecular formula is C16H22BrN3O. The molecule has 0 saturated heterocycles. The molecule has 4 nitrogen and oxygen atoms in total. The molecule has 0 amide bonds. The number of nitrogens with zero attached hydrogens (tertiary/aromatic N) is 2. The number of benzene rings is 1. The van der Waals surface area contributed by atoms with Gasteiger partial charge in [-0.2, -0.15) is 5.10 Å². The Kier molecular flexibility index (Phi) is 6.42. The number of hydrogen-bond donors (Lipinski definition) is 1. The van der Waals surface area contributed by atoms with Crippen molar-refractivity contribution in [3.63, 3.8) is 0 Å². The van der Waals surface area contributed by atoms with E-state index in [1.807, 2.05) is 17.9 Å². The van der Waals surface area contributed by atoms with Gasteiger partial charge in [-0.15, -0.1) is 0 Å². The summed E-state index contributed by atoms with van der Waals surface area (Å²) in [5, 5.41) is 7.95. The van der Waals surface area contributed by atoms with Crippen LogP contribution in [-0.2, 0) is 18.2 Å². The van der Waals surface area contributed by atoms with Crippen LogP contribution < -0.4 is 5.32 Å². The van der Waals surface area contributed by atoms with E-state index in [0.29, 0.717) is 5.92 Å². The molecule has 0 radical (unpaired) electrons. The Labute approximate surface area is 134 Å². The third kappa shape index (κ3) is 5.26. The van der Waals surface area contributed by atoms with E-state index in [9.17, 15) is 0 Å². The maximum Gasteiger partial charge on any atom is 0.0631 e. The molecule has 1 N–H and O–H groups in total. The van der Waals surface area contributed by atoms with Gasteiger partial charge in [-0.1, -0.05) is 28.1 Å². The smallest absolute Gasteiger partial charge is 0.0631 e. The van der Waals surface area contributed by atoms with Crippen LogP contribution in [0.5, 0.6) is 0 Å². The van der Waals surface area contributed by atoms with E-state index in [0.717, 1.165) is 36.3 Å². The molecule has 5 heteroatoms. The first-order chi connectivity index (χ1) is 10.2. The molecule has 114 valence electrons. The van der Waals surface area contributed by atoms with Crippen LogP contribution >= 0.6 is 15.9 Å². The van der Waals surface area contributed by atoms with Crippen molar-refractivity contribution in [2.75, 3.05) is 26.8 Å². The van der Waals surface area contributed by atoms with Gasteiger partial charge in [0.25, 0.3) is 0 Å². The minimum atomic E-state index is 0.397. The molecule has 21 heavy (non-hydrogen) atoms. The molecule has 0 aliphatic heterocycles. The highest BCUT2D eigenvalue weighted by atomic mass is 79.9. The van der Waals surface area contributed by atoms with E-state index < -0.39 is 0 Å².